The average molecular weight is 314 g/mol. The highest BCUT2D eigenvalue weighted by molar-refractivity contribution is 9.09. The molecular formula is C13H16BrNO3. The molecule has 1 aliphatic heterocycles. The Bertz CT molecular complexity index is 428. The van der Waals surface area contributed by atoms with E-state index in [0.717, 1.165) is 11.0 Å². The molecule has 1 heterocycles. The molecule has 1 aliphatic rings. The SMILES string of the molecule is O=C1CC(CBr)CN1c1cc(CO)cc(CO)c1. The highest BCUT2D eigenvalue weighted by Gasteiger charge is 2.30. The summed E-state index contributed by atoms with van der Waals surface area (Å²) < 4.78 is 0. The Kier molecular flexibility index (Phi) is 4.37. The van der Waals surface area contributed by atoms with Gasteiger partial charge in [-0.1, -0.05) is 22.0 Å². The predicted molar refractivity (Wildman–Crippen MR) is 72.5 cm³/mol. The summed E-state index contributed by atoms with van der Waals surface area (Å²) in [6.07, 6.45) is 0.545. The van der Waals surface area contributed by atoms with Crippen LogP contribution in [0.3, 0.4) is 0 Å². The first-order valence-corrected chi connectivity index (χ1v) is 7.01. The van der Waals surface area contributed by atoms with Crippen LogP contribution < -0.4 is 4.90 Å². The number of aliphatic hydroxyl groups is 2. The van der Waals surface area contributed by atoms with Gasteiger partial charge in [0.05, 0.1) is 13.2 Å². The summed E-state index contributed by atoms with van der Waals surface area (Å²) >= 11 is 3.40. The Morgan fingerprint density at radius 2 is 1.83 bits per heavy atom. The van der Waals surface area contributed by atoms with Crippen LogP contribution in [-0.4, -0.2) is 28.0 Å². The lowest BCUT2D eigenvalue weighted by Crippen LogP contribution is -2.25. The van der Waals surface area contributed by atoms with Crippen LogP contribution in [0.5, 0.6) is 0 Å². The molecule has 1 unspecified atom stereocenters. The zero-order chi connectivity index (χ0) is 13.1. The lowest BCUT2D eigenvalue weighted by Gasteiger charge is -2.18. The molecule has 1 aromatic carbocycles. The van der Waals surface area contributed by atoms with E-state index in [-0.39, 0.29) is 19.1 Å². The molecule has 0 radical (unpaired) electrons. The molecule has 4 nitrogen and oxygen atoms in total. The molecule has 98 valence electrons. The molecule has 2 rings (SSSR count). The van der Waals surface area contributed by atoms with E-state index in [2.05, 4.69) is 15.9 Å². The Balaban J connectivity index is 2.30. The molecule has 1 saturated heterocycles. The first-order valence-electron chi connectivity index (χ1n) is 5.88. The highest BCUT2D eigenvalue weighted by Crippen LogP contribution is 2.28. The van der Waals surface area contributed by atoms with E-state index < -0.39 is 0 Å². The summed E-state index contributed by atoms with van der Waals surface area (Å²) in [5.74, 6) is 0.422. The molecule has 2 N–H and O–H groups in total. The molecule has 1 aromatic rings. The number of rotatable bonds is 4. The molecule has 5 heteroatoms. The Morgan fingerprint density at radius 3 is 2.28 bits per heavy atom. The molecule has 1 atom stereocenters. The number of aliphatic hydroxyl groups excluding tert-OH is 2. The lowest BCUT2D eigenvalue weighted by atomic mass is 10.1. The van der Waals surface area contributed by atoms with Crippen LogP contribution in [0.1, 0.15) is 17.5 Å². The number of amides is 1. The quantitative estimate of drug-likeness (QED) is 0.826. The highest BCUT2D eigenvalue weighted by atomic mass is 79.9. The second-order valence-electron chi connectivity index (χ2n) is 4.55. The van der Waals surface area contributed by atoms with E-state index >= 15 is 0 Å². The second-order valence-corrected chi connectivity index (χ2v) is 5.20. The van der Waals surface area contributed by atoms with Gasteiger partial charge in [0.2, 0.25) is 5.91 Å². The van der Waals surface area contributed by atoms with Crippen LogP contribution in [0.25, 0.3) is 0 Å². The van der Waals surface area contributed by atoms with Gasteiger partial charge >= 0.3 is 0 Å². The van der Waals surface area contributed by atoms with Crippen molar-refractivity contribution in [3.63, 3.8) is 0 Å². The van der Waals surface area contributed by atoms with Gasteiger partial charge in [-0.15, -0.1) is 0 Å². The van der Waals surface area contributed by atoms with Gasteiger partial charge < -0.3 is 15.1 Å². The van der Waals surface area contributed by atoms with E-state index in [1.807, 2.05) is 0 Å². The average Bonchev–Trinajstić information content (AvgIpc) is 2.79. The molecule has 18 heavy (non-hydrogen) atoms. The number of hydrogen-bond donors (Lipinski definition) is 2. The van der Waals surface area contributed by atoms with Crippen molar-refractivity contribution in [3.8, 4) is 0 Å². The smallest absolute Gasteiger partial charge is 0.227 e. The maximum absolute atomic E-state index is 11.9. The Morgan fingerprint density at radius 1 is 1.22 bits per heavy atom. The number of carbonyl (C=O) groups is 1. The minimum absolute atomic E-state index is 0.0925. The van der Waals surface area contributed by atoms with Crippen molar-refractivity contribution >= 4 is 27.5 Å². The van der Waals surface area contributed by atoms with E-state index in [1.54, 1.807) is 23.1 Å². The third-order valence-electron chi connectivity index (χ3n) is 3.14. The van der Waals surface area contributed by atoms with Crippen molar-refractivity contribution in [2.24, 2.45) is 5.92 Å². The molecule has 1 amide bonds. The van der Waals surface area contributed by atoms with E-state index in [1.165, 1.54) is 0 Å². The van der Waals surface area contributed by atoms with Gasteiger partial charge in [-0.05, 0) is 29.2 Å². The number of carbonyl (C=O) groups excluding carboxylic acids is 1. The zero-order valence-corrected chi connectivity index (χ0v) is 11.6. The maximum atomic E-state index is 11.9. The number of benzene rings is 1. The van der Waals surface area contributed by atoms with Crippen LogP contribution in [-0.2, 0) is 18.0 Å². The summed E-state index contributed by atoms with van der Waals surface area (Å²) in [5.41, 5.74) is 2.19. The maximum Gasteiger partial charge on any atom is 0.227 e. The standard InChI is InChI=1S/C13H16BrNO3/c14-5-11-4-13(18)15(6-11)12-2-9(7-16)1-10(3-12)8-17/h1-3,11,16-17H,4-8H2. The third-order valence-corrected chi connectivity index (χ3v) is 4.05. The topological polar surface area (TPSA) is 60.8 Å². The van der Waals surface area contributed by atoms with Crippen molar-refractivity contribution in [2.45, 2.75) is 19.6 Å². The van der Waals surface area contributed by atoms with Gasteiger partial charge in [0.1, 0.15) is 0 Å². The summed E-state index contributed by atoms with van der Waals surface area (Å²) in [6.45, 7) is 0.499. The van der Waals surface area contributed by atoms with Crippen molar-refractivity contribution in [2.75, 3.05) is 16.8 Å². The van der Waals surface area contributed by atoms with Crippen LogP contribution >= 0.6 is 15.9 Å². The second kappa shape index (κ2) is 5.82. The predicted octanol–water partition coefficient (Wildman–Crippen LogP) is 1.42. The van der Waals surface area contributed by atoms with E-state index in [9.17, 15) is 15.0 Å². The monoisotopic (exact) mass is 313 g/mol. The van der Waals surface area contributed by atoms with Gasteiger partial charge in [-0.2, -0.15) is 0 Å². The number of hydrogen-bond acceptors (Lipinski definition) is 3. The lowest BCUT2D eigenvalue weighted by molar-refractivity contribution is -0.117. The van der Waals surface area contributed by atoms with E-state index in [0.29, 0.717) is 30.0 Å². The van der Waals surface area contributed by atoms with Crippen LogP contribution in [0, 0.1) is 5.92 Å². The third kappa shape index (κ3) is 2.74. The minimum Gasteiger partial charge on any atom is -0.392 e. The molecule has 1 fully saturated rings. The number of alkyl halides is 1. The van der Waals surface area contributed by atoms with Crippen LogP contribution in [0.2, 0.25) is 0 Å². The Hall–Kier alpha value is -0.910. The van der Waals surface area contributed by atoms with Gasteiger partial charge in [-0.25, -0.2) is 0 Å². The van der Waals surface area contributed by atoms with Crippen LogP contribution in [0.4, 0.5) is 5.69 Å². The number of halogens is 1. The Labute approximate surface area is 114 Å². The molecule has 0 aromatic heterocycles. The minimum atomic E-state index is -0.0925. The number of nitrogens with zero attached hydrogens (tertiary/aromatic N) is 1. The molecule has 0 aliphatic carbocycles. The van der Waals surface area contributed by atoms with Gasteiger partial charge in [-0.3, -0.25) is 4.79 Å². The fourth-order valence-electron chi connectivity index (χ4n) is 2.22. The first-order chi connectivity index (χ1) is 8.67. The van der Waals surface area contributed by atoms with Gasteiger partial charge in [0.15, 0.2) is 0 Å². The fraction of sp³-hybridized carbons (Fsp3) is 0.462. The summed E-state index contributed by atoms with van der Waals surface area (Å²) in [5, 5.41) is 19.2. The molecule has 0 spiro atoms. The molecule has 0 bridgehead atoms. The van der Waals surface area contributed by atoms with Gasteiger partial charge in [0.25, 0.3) is 0 Å². The van der Waals surface area contributed by atoms with Crippen molar-refractivity contribution in [1.82, 2.24) is 0 Å². The first kappa shape index (κ1) is 13.5. The molecular weight excluding hydrogens is 298 g/mol. The fourth-order valence-corrected chi connectivity index (χ4v) is 2.65. The summed E-state index contributed by atoms with van der Waals surface area (Å²) in [6, 6.07) is 5.34. The normalized spacial score (nSPS) is 19.6. The van der Waals surface area contributed by atoms with Gasteiger partial charge in [0, 0.05) is 24.0 Å². The summed E-state index contributed by atoms with van der Waals surface area (Å²) in [7, 11) is 0. The largest absolute Gasteiger partial charge is 0.392 e. The van der Waals surface area contributed by atoms with Crippen molar-refractivity contribution < 1.29 is 15.0 Å². The van der Waals surface area contributed by atoms with Crippen molar-refractivity contribution in [1.29, 1.82) is 0 Å². The molecule has 0 saturated carbocycles. The van der Waals surface area contributed by atoms with Crippen LogP contribution in [0.15, 0.2) is 18.2 Å². The number of anilines is 1. The van der Waals surface area contributed by atoms with E-state index in [4.69, 9.17) is 0 Å². The zero-order valence-electron chi connectivity index (χ0n) is 9.97. The summed E-state index contributed by atoms with van der Waals surface area (Å²) in [4.78, 5) is 13.6. The van der Waals surface area contributed by atoms with Crippen molar-refractivity contribution in [3.05, 3.63) is 29.3 Å².